The monoisotopic (exact) mass is 307 g/mol. The van der Waals surface area contributed by atoms with Crippen molar-refractivity contribution < 1.29 is 24.9 Å². The van der Waals surface area contributed by atoms with Gasteiger partial charge in [0, 0.05) is 10.4 Å². The van der Waals surface area contributed by atoms with Crippen molar-refractivity contribution in [3.63, 3.8) is 0 Å². The highest BCUT2D eigenvalue weighted by Gasteiger charge is 2.18. The molecule has 1 amide bonds. The van der Waals surface area contributed by atoms with Gasteiger partial charge in [-0.1, -0.05) is 6.92 Å². The van der Waals surface area contributed by atoms with Crippen LogP contribution in [-0.2, 0) is 6.42 Å². The second-order valence-corrected chi connectivity index (χ2v) is 5.41. The maximum atomic E-state index is 12.1. The molecule has 0 atom stereocenters. The number of aromatic carboxylic acids is 1. The molecule has 1 aromatic carbocycles. The summed E-state index contributed by atoms with van der Waals surface area (Å²) < 4.78 is 0. The van der Waals surface area contributed by atoms with Gasteiger partial charge in [0.15, 0.2) is 11.5 Å². The van der Waals surface area contributed by atoms with Gasteiger partial charge in [0.05, 0.1) is 5.56 Å². The van der Waals surface area contributed by atoms with Crippen LogP contribution < -0.4 is 5.32 Å². The van der Waals surface area contributed by atoms with Gasteiger partial charge in [0.2, 0.25) is 0 Å². The molecular weight excluding hydrogens is 294 g/mol. The molecule has 110 valence electrons. The Morgan fingerprint density at radius 2 is 1.90 bits per heavy atom. The largest absolute Gasteiger partial charge is 0.504 e. The number of carboxylic acid groups (broad SMARTS) is 1. The number of carboxylic acids is 1. The van der Waals surface area contributed by atoms with Crippen molar-refractivity contribution in [3.05, 3.63) is 40.3 Å². The zero-order valence-electron chi connectivity index (χ0n) is 11.1. The number of carbonyl (C=O) groups is 2. The second-order valence-electron chi connectivity index (χ2n) is 4.27. The highest BCUT2D eigenvalue weighted by molar-refractivity contribution is 7.16. The molecule has 2 rings (SSSR count). The summed E-state index contributed by atoms with van der Waals surface area (Å²) in [6, 6.07) is 5.16. The molecule has 1 aromatic heterocycles. The Hall–Kier alpha value is -2.54. The second kappa shape index (κ2) is 5.84. The molecule has 0 fully saturated rings. The topological polar surface area (TPSA) is 107 Å². The predicted octanol–water partition coefficient (Wildman–Crippen LogP) is 2.67. The van der Waals surface area contributed by atoms with Crippen LogP contribution >= 0.6 is 11.3 Å². The number of nitrogens with one attached hydrogen (secondary N) is 1. The summed E-state index contributed by atoms with van der Waals surface area (Å²) in [7, 11) is 0. The van der Waals surface area contributed by atoms with E-state index in [4.69, 9.17) is 5.11 Å². The van der Waals surface area contributed by atoms with E-state index in [1.165, 1.54) is 29.5 Å². The number of aromatic hydroxyl groups is 2. The van der Waals surface area contributed by atoms with Crippen LogP contribution in [0.3, 0.4) is 0 Å². The van der Waals surface area contributed by atoms with Gasteiger partial charge in [0.25, 0.3) is 5.91 Å². The van der Waals surface area contributed by atoms with E-state index in [1.807, 2.05) is 6.92 Å². The summed E-state index contributed by atoms with van der Waals surface area (Å²) in [6.45, 7) is 1.89. The SMILES string of the molecule is CCc1cc(C(=O)O)c(NC(=O)c2ccc(O)c(O)c2)s1. The van der Waals surface area contributed by atoms with Crippen LogP contribution in [0.5, 0.6) is 11.5 Å². The lowest BCUT2D eigenvalue weighted by molar-refractivity contribution is 0.0698. The normalized spacial score (nSPS) is 10.3. The van der Waals surface area contributed by atoms with Crippen LogP contribution in [0.4, 0.5) is 5.00 Å². The van der Waals surface area contributed by atoms with Crippen LogP contribution in [-0.4, -0.2) is 27.2 Å². The average Bonchev–Trinajstić information content (AvgIpc) is 2.85. The number of anilines is 1. The van der Waals surface area contributed by atoms with Crippen molar-refractivity contribution in [1.29, 1.82) is 0 Å². The Labute approximate surface area is 124 Å². The molecule has 4 N–H and O–H groups in total. The van der Waals surface area contributed by atoms with Gasteiger partial charge >= 0.3 is 5.97 Å². The van der Waals surface area contributed by atoms with Crippen LogP contribution in [0.25, 0.3) is 0 Å². The summed E-state index contributed by atoms with van der Waals surface area (Å²) in [5.74, 6) is -2.42. The molecule has 21 heavy (non-hydrogen) atoms. The standard InChI is InChI=1S/C14H13NO5S/c1-2-8-6-9(14(19)20)13(21-8)15-12(18)7-3-4-10(16)11(17)5-7/h3-6,16-17H,2H2,1H3,(H,15,18)(H,19,20). The van der Waals surface area contributed by atoms with E-state index in [1.54, 1.807) is 0 Å². The first-order valence-corrected chi connectivity index (χ1v) is 6.93. The van der Waals surface area contributed by atoms with Crippen LogP contribution in [0, 0.1) is 0 Å². The van der Waals surface area contributed by atoms with Gasteiger partial charge in [-0.05, 0) is 30.7 Å². The van der Waals surface area contributed by atoms with Crippen LogP contribution in [0.1, 0.15) is 32.5 Å². The molecule has 0 saturated carbocycles. The maximum Gasteiger partial charge on any atom is 0.338 e. The predicted molar refractivity (Wildman–Crippen MR) is 78.4 cm³/mol. The Kier molecular flexibility index (Phi) is 4.13. The first-order chi connectivity index (χ1) is 9.92. The van der Waals surface area contributed by atoms with Gasteiger partial charge in [-0.25, -0.2) is 4.79 Å². The first kappa shape index (κ1) is 14.9. The van der Waals surface area contributed by atoms with Gasteiger partial charge in [-0.2, -0.15) is 0 Å². The molecule has 0 saturated heterocycles. The molecule has 6 nitrogen and oxygen atoms in total. The van der Waals surface area contributed by atoms with Crippen molar-refractivity contribution in [2.24, 2.45) is 0 Å². The van der Waals surface area contributed by atoms with Gasteiger partial charge in [-0.15, -0.1) is 11.3 Å². The maximum absolute atomic E-state index is 12.1. The molecule has 2 aromatic rings. The lowest BCUT2D eigenvalue weighted by Crippen LogP contribution is -2.13. The van der Waals surface area contributed by atoms with Crippen molar-refractivity contribution in [3.8, 4) is 11.5 Å². The van der Waals surface area contributed by atoms with E-state index < -0.39 is 17.6 Å². The molecule has 0 aliphatic carbocycles. The van der Waals surface area contributed by atoms with Crippen molar-refractivity contribution >= 4 is 28.2 Å². The fourth-order valence-corrected chi connectivity index (χ4v) is 2.69. The number of phenolic OH excluding ortho intramolecular Hbond substituents is 2. The third kappa shape index (κ3) is 3.14. The van der Waals surface area contributed by atoms with E-state index >= 15 is 0 Å². The summed E-state index contributed by atoms with van der Waals surface area (Å²) >= 11 is 1.19. The molecule has 0 aliphatic rings. The molecule has 0 spiro atoms. The van der Waals surface area contributed by atoms with Crippen molar-refractivity contribution in [2.75, 3.05) is 5.32 Å². The quantitative estimate of drug-likeness (QED) is 0.650. The number of amides is 1. The van der Waals surface area contributed by atoms with E-state index in [0.717, 1.165) is 10.9 Å². The minimum atomic E-state index is -1.12. The summed E-state index contributed by atoms with van der Waals surface area (Å²) in [5.41, 5.74) is 0.154. The van der Waals surface area contributed by atoms with Gasteiger partial charge < -0.3 is 20.6 Å². The number of rotatable bonds is 4. The van der Waals surface area contributed by atoms with E-state index in [-0.39, 0.29) is 21.9 Å². The highest BCUT2D eigenvalue weighted by Crippen LogP contribution is 2.30. The number of hydrogen-bond donors (Lipinski definition) is 4. The zero-order valence-corrected chi connectivity index (χ0v) is 11.9. The van der Waals surface area contributed by atoms with E-state index in [2.05, 4.69) is 5.32 Å². The fourth-order valence-electron chi connectivity index (χ4n) is 1.71. The Balaban J connectivity index is 2.28. The number of benzene rings is 1. The minimum absolute atomic E-state index is 0.0354. The summed E-state index contributed by atoms with van der Waals surface area (Å²) in [6.07, 6.45) is 0.667. The van der Waals surface area contributed by atoms with Gasteiger partial charge in [0.1, 0.15) is 5.00 Å². The minimum Gasteiger partial charge on any atom is -0.504 e. The molecule has 0 unspecified atom stereocenters. The Morgan fingerprint density at radius 3 is 2.48 bits per heavy atom. The van der Waals surface area contributed by atoms with Crippen molar-refractivity contribution in [1.82, 2.24) is 0 Å². The van der Waals surface area contributed by atoms with Crippen LogP contribution in [0.2, 0.25) is 0 Å². The lowest BCUT2D eigenvalue weighted by Gasteiger charge is -2.05. The van der Waals surface area contributed by atoms with Crippen molar-refractivity contribution in [2.45, 2.75) is 13.3 Å². The summed E-state index contributed by atoms with van der Waals surface area (Å²) in [4.78, 5) is 24.1. The average molecular weight is 307 g/mol. The number of carbonyl (C=O) groups excluding carboxylic acids is 1. The molecular formula is C14H13NO5S. The van der Waals surface area contributed by atoms with Gasteiger partial charge in [-0.3, -0.25) is 4.79 Å². The number of phenols is 2. The first-order valence-electron chi connectivity index (χ1n) is 6.11. The van der Waals surface area contributed by atoms with E-state index in [9.17, 15) is 19.8 Å². The van der Waals surface area contributed by atoms with Crippen LogP contribution in [0.15, 0.2) is 24.3 Å². The number of aryl methyl sites for hydroxylation is 1. The van der Waals surface area contributed by atoms with E-state index in [0.29, 0.717) is 6.42 Å². The third-order valence-corrected chi connectivity index (χ3v) is 4.02. The fraction of sp³-hybridized carbons (Fsp3) is 0.143. The third-order valence-electron chi connectivity index (χ3n) is 2.83. The number of thiophene rings is 1. The Bertz CT molecular complexity index is 707. The smallest absolute Gasteiger partial charge is 0.338 e. The zero-order chi connectivity index (χ0) is 15.6. The lowest BCUT2D eigenvalue weighted by atomic mass is 10.2. The molecule has 0 aliphatic heterocycles. The molecule has 1 heterocycles. The summed E-state index contributed by atoms with van der Waals surface area (Å²) in [5, 5.41) is 30.5. The molecule has 0 bridgehead atoms. The Morgan fingerprint density at radius 1 is 1.19 bits per heavy atom. The highest BCUT2D eigenvalue weighted by atomic mass is 32.1. The number of hydrogen-bond acceptors (Lipinski definition) is 5. The molecule has 0 radical (unpaired) electrons. The molecule has 7 heteroatoms.